The van der Waals surface area contributed by atoms with Gasteiger partial charge in [-0.2, -0.15) is 10.1 Å². The van der Waals surface area contributed by atoms with Crippen LogP contribution < -0.4 is 4.90 Å². The van der Waals surface area contributed by atoms with Crippen LogP contribution in [-0.2, 0) is 13.1 Å². The summed E-state index contributed by atoms with van der Waals surface area (Å²) in [5.41, 5.74) is 2.24. The largest absolute Gasteiger partial charge is 0.395 e. The Bertz CT molecular complexity index is 766. The molecule has 0 aromatic carbocycles. The zero-order chi connectivity index (χ0) is 15.5. The van der Waals surface area contributed by atoms with Crippen LogP contribution in [0.4, 0.5) is 5.82 Å². The van der Waals surface area contributed by atoms with E-state index in [9.17, 15) is 5.11 Å². The lowest BCUT2D eigenvalue weighted by Crippen LogP contribution is -2.28. The monoisotopic (exact) mass is 302 g/mol. The second-order valence-electron chi connectivity index (χ2n) is 4.93. The molecule has 22 heavy (non-hydrogen) atoms. The number of aliphatic hydroxyl groups excluding tert-OH is 1. The summed E-state index contributed by atoms with van der Waals surface area (Å²) in [6.45, 7) is 5.75. The molecule has 0 unspecified atom stereocenters. The number of rotatable bonds is 6. The second kappa shape index (κ2) is 6.10. The molecule has 3 heterocycles. The standard InChI is InChI=1S/C14H18N6O2/c1-3-20-11(4-5-17-20)8-19(6-7-21)13-12-10(2)18-22-14(12)16-9-15-13/h4-5,9,21H,3,6-8H2,1-2H3. The van der Waals surface area contributed by atoms with Crippen molar-refractivity contribution in [1.29, 1.82) is 0 Å². The molecule has 0 radical (unpaired) electrons. The molecular weight excluding hydrogens is 284 g/mol. The summed E-state index contributed by atoms with van der Waals surface area (Å²) >= 11 is 0. The van der Waals surface area contributed by atoms with Crippen LogP contribution >= 0.6 is 0 Å². The molecule has 0 aliphatic carbocycles. The van der Waals surface area contributed by atoms with Gasteiger partial charge in [0.15, 0.2) is 0 Å². The van der Waals surface area contributed by atoms with E-state index in [1.165, 1.54) is 6.33 Å². The first-order chi connectivity index (χ1) is 10.7. The summed E-state index contributed by atoms with van der Waals surface area (Å²) in [5.74, 6) is 0.710. The van der Waals surface area contributed by atoms with E-state index in [0.29, 0.717) is 24.6 Å². The molecule has 0 amide bonds. The maximum absolute atomic E-state index is 9.40. The van der Waals surface area contributed by atoms with Crippen molar-refractivity contribution in [1.82, 2.24) is 24.9 Å². The number of hydrogen-bond donors (Lipinski definition) is 1. The Hall–Kier alpha value is -2.48. The van der Waals surface area contributed by atoms with Crippen LogP contribution in [0.5, 0.6) is 0 Å². The van der Waals surface area contributed by atoms with Gasteiger partial charge in [0.1, 0.15) is 17.5 Å². The minimum atomic E-state index is 0.0239. The van der Waals surface area contributed by atoms with Crippen molar-refractivity contribution in [2.45, 2.75) is 26.9 Å². The van der Waals surface area contributed by atoms with Crippen LogP contribution in [0.15, 0.2) is 23.1 Å². The topological polar surface area (TPSA) is 93.1 Å². The lowest BCUT2D eigenvalue weighted by atomic mass is 10.2. The highest BCUT2D eigenvalue weighted by atomic mass is 16.5. The predicted molar refractivity (Wildman–Crippen MR) is 80.4 cm³/mol. The normalized spacial score (nSPS) is 11.2. The van der Waals surface area contributed by atoms with Crippen molar-refractivity contribution in [3.8, 4) is 0 Å². The molecule has 0 saturated carbocycles. The predicted octanol–water partition coefficient (Wildman–Crippen LogP) is 1.14. The first kappa shape index (κ1) is 14.5. The van der Waals surface area contributed by atoms with Gasteiger partial charge in [-0.25, -0.2) is 4.98 Å². The van der Waals surface area contributed by atoms with Gasteiger partial charge in [-0.05, 0) is 19.9 Å². The van der Waals surface area contributed by atoms with E-state index in [-0.39, 0.29) is 6.61 Å². The highest BCUT2D eigenvalue weighted by Gasteiger charge is 2.18. The van der Waals surface area contributed by atoms with Gasteiger partial charge >= 0.3 is 0 Å². The third-order valence-electron chi connectivity index (χ3n) is 3.55. The Labute approximate surface area is 127 Å². The lowest BCUT2D eigenvalue weighted by Gasteiger charge is -2.23. The molecule has 3 aromatic heterocycles. The molecule has 3 rings (SSSR count). The molecule has 0 fully saturated rings. The fourth-order valence-corrected chi connectivity index (χ4v) is 2.50. The molecule has 3 aromatic rings. The maximum Gasteiger partial charge on any atom is 0.263 e. The summed E-state index contributed by atoms with van der Waals surface area (Å²) in [7, 11) is 0. The van der Waals surface area contributed by atoms with Crippen LogP contribution in [0, 0.1) is 6.92 Å². The first-order valence-electron chi connectivity index (χ1n) is 7.18. The van der Waals surface area contributed by atoms with E-state index in [1.54, 1.807) is 6.20 Å². The molecule has 0 aliphatic rings. The van der Waals surface area contributed by atoms with Crippen molar-refractivity contribution < 1.29 is 9.63 Å². The summed E-state index contributed by atoms with van der Waals surface area (Å²) in [4.78, 5) is 10.4. The molecule has 1 N–H and O–H groups in total. The maximum atomic E-state index is 9.40. The highest BCUT2D eigenvalue weighted by molar-refractivity contribution is 5.87. The minimum absolute atomic E-state index is 0.0239. The van der Waals surface area contributed by atoms with Crippen molar-refractivity contribution in [3.05, 3.63) is 30.0 Å². The van der Waals surface area contributed by atoms with Crippen LogP contribution in [0.1, 0.15) is 18.3 Å². The number of aryl methyl sites for hydroxylation is 2. The first-order valence-corrected chi connectivity index (χ1v) is 7.18. The van der Waals surface area contributed by atoms with E-state index < -0.39 is 0 Å². The van der Waals surface area contributed by atoms with Crippen LogP contribution in [-0.4, -0.2) is 43.2 Å². The van der Waals surface area contributed by atoms with Crippen molar-refractivity contribution in [2.24, 2.45) is 0 Å². The number of aromatic nitrogens is 5. The van der Waals surface area contributed by atoms with E-state index in [0.717, 1.165) is 23.3 Å². The van der Waals surface area contributed by atoms with E-state index in [4.69, 9.17) is 4.52 Å². The molecule has 0 atom stereocenters. The fourth-order valence-electron chi connectivity index (χ4n) is 2.50. The van der Waals surface area contributed by atoms with Gasteiger partial charge in [-0.3, -0.25) is 4.68 Å². The number of nitrogens with zero attached hydrogens (tertiary/aromatic N) is 6. The van der Waals surface area contributed by atoms with Gasteiger partial charge in [-0.1, -0.05) is 5.16 Å². The molecule has 8 heteroatoms. The van der Waals surface area contributed by atoms with Gasteiger partial charge in [0.2, 0.25) is 0 Å². The molecule has 0 aliphatic heterocycles. The van der Waals surface area contributed by atoms with Crippen LogP contribution in [0.2, 0.25) is 0 Å². The zero-order valence-corrected chi connectivity index (χ0v) is 12.6. The van der Waals surface area contributed by atoms with E-state index in [1.807, 2.05) is 29.5 Å². The molecule has 0 bridgehead atoms. The highest BCUT2D eigenvalue weighted by Crippen LogP contribution is 2.26. The molecule has 0 saturated heterocycles. The number of fused-ring (bicyclic) bond motifs is 1. The summed E-state index contributed by atoms with van der Waals surface area (Å²) < 4.78 is 7.11. The Balaban J connectivity index is 2.01. The van der Waals surface area contributed by atoms with Crippen molar-refractivity contribution >= 4 is 16.9 Å². The summed E-state index contributed by atoms with van der Waals surface area (Å²) in [6.07, 6.45) is 3.22. The average Bonchev–Trinajstić information content (AvgIpc) is 3.13. The second-order valence-corrected chi connectivity index (χ2v) is 4.93. The number of aliphatic hydroxyl groups is 1. The van der Waals surface area contributed by atoms with Gasteiger partial charge in [0.05, 0.1) is 24.5 Å². The van der Waals surface area contributed by atoms with Crippen molar-refractivity contribution in [3.63, 3.8) is 0 Å². The van der Waals surface area contributed by atoms with Gasteiger partial charge < -0.3 is 14.5 Å². The zero-order valence-electron chi connectivity index (χ0n) is 12.6. The lowest BCUT2D eigenvalue weighted by molar-refractivity contribution is 0.301. The number of anilines is 1. The fraction of sp³-hybridized carbons (Fsp3) is 0.429. The summed E-state index contributed by atoms with van der Waals surface area (Å²) in [6, 6.07) is 1.97. The average molecular weight is 302 g/mol. The molecule has 8 nitrogen and oxygen atoms in total. The van der Waals surface area contributed by atoms with Gasteiger partial charge in [0, 0.05) is 19.3 Å². The van der Waals surface area contributed by atoms with Gasteiger partial charge in [0.25, 0.3) is 5.71 Å². The molecular formula is C14H18N6O2. The smallest absolute Gasteiger partial charge is 0.263 e. The minimum Gasteiger partial charge on any atom is -0.395 e. The molecule has 0 spiro atoms. The van der Waals surface area contributed by atoms with E-state index >= 15 is 0 Å². The Morgan fingerprint density at radius 3 is 3.00 bits per heavy atom. The molecule has 116 valence electrons. The van der Waals surface area contributed by atoms with Gasteiger partial charge in [-0.15, -0.1) is 0 Å². The van der Waals surface area contributed by atoms with Crippen LogP contribution in [0.3, 0.4) is 0 Å². The quantitative estimate of drug-likeness (QED) is 0.729. The van der Waals surface area contributed by atoms with E-state index in [2.05, 4.69) is 20.2 Å². The Kier molecular flexibility index (Phi) is 4.01. The third kappa shape index (κ3) is 2.52. The summed E-state index contributed by atoms with van der Waals surface area (Å²) in [5, 5.41) is 18.4. The van der Waals surface area contributed by atoms with Crippen molar-refractivity contribution in [2.75, 3.05) is 18.1 Å². The Morgan fingerprint density at radius 1 is 1.36 bits per heavy atom. The Morgan fingerprint density at radius 2 is 2.23 bits per heavy atom. The number of hydrogen-bond acceptors (Lipinski definition) is 7. The van der Waals surface area contributed by atoms with Crippen LogP contribution in [0.25, 0.3) is 11.1 Å². The third-order valence-corrected chi connectivity index (χ3v) is 3.55. The SMILES string of the molecule is CCn1nccc1CN(CCO)c1ncnc2onc(C)c12.